The predicted octanol–water partition coefficient (Wildman–Crippen LogP) is 0.989. The second-order valence-electron chi connectivity index (χ2n) is 3.40. The smallest absolute Gasteiger partial charge is 0.407 e. The molecular weight excluding hydrogens is 194 g/mol. The van der Waals surface area contributed by atoms with Crippen LogP contribution in [0.2, 0.25) is 0 Å². The molecule has 0 aromatic carbocycles. The van der Waals surface area contributed by atoms with E-state index in [-0.39, 0.29) is 0 Å². The van der Waals surface area contributed by atoms with Crippen LogP contribution in [0.15, 0.2) is 12.3 Å². The number of pyridine rings is 1. The molecule has 76 valence electrons. The van der Waals surface area contributed by atoms with E-state index < -0.39 is 6.09 Å². The van der Waals surface area contributed by atoms with Crippen LogP contribution in [-0.2, 0) is 13.0 Å². The van der Waals surface area contributed by atoms with Crippen molar-refractivity contribution in [3.63, 3.8) is 0 Å². The summed E-state index contributed by atoms with van der Waals surface area (Å²) < 4.78 is 0. The first-order valence-electron chi connectivity index (χ1n) is 4.56. The van der Waals surface area contributed by atoms with Gasteiger partial charge in [-0.25, -0.2) is 9.78 Å². The second-order valence-corrected chi connectivity index (χ2v) is 3.40. The van der Waals surface area contributed by atoms with Gasteiger partial charge in [-0.3, -0.25) is 0 Å². The average molecular weight is 203 g/mol. The monoisotopic (exact) mass is 203 g/mol. The molecule has 0 atom stereocenters. The minimum Gasteiger partial charge on any atom is -0.465 e. The van der Waals surface area contributed by atoms with Gasteiger partial charge >= 0.3 is 6.09 Å². The molecule has 5 heteroatoms. The highest BCUT2D eigenvalue weighted by Crippen LogP contribution is 2.18. The van der Waals surface area contributed by atoms with Crippen LogP contribution in [0.1, 0.15) is 16.8 Å². The maximum atomic E-state index is 10.8. The van der Waals surface area contributed by atoms with Crippen molar-refractivity contribution in [1.29, 1.82) is 5.26 Å². The number of aromatic nitrogens is 1. The van der Waals surface area contributed by atoms with E-state index in [0.29, 0.717) is 25.2 Å². The Balaban J connectivity index is 2.32. The first-order chi connectivity index (χ1) is 7.20. The standard InChI is InChI=1S/C10H9N3O2/c11-4-9-3-8-6-13(10(14)15)2-1-7(8)5-12-9/h3,5H,1-2,6H2,(H,14,15). The largest absolute Gasteiger partial charge is 0.465 e. The fourth-order valence-corrected chi connectivity index (χ4v) is 1.66. The van der Waals surface area contributed by atoms with Gasteiger partial charge in [0.05, 0.1) is 0 Å². The summed E-state index contributed by atoms with van der Waals surface area (Å²) in [6, 6.07) is 3.60. The lowest BCUT2D eigenvalue weighted by atomic mass is 10.0. The number of hydrogen-bond donors (Lipinski definition) is 1. The Morgan fingerprint density at radius 3 is 3.07 bits per heavy atom. The number of fused-ring (bicyclic) bond motifs is 1. The molecular formula is C10H9N3O2. The third kappa shape index (κ3) is 1.74. The molecule has 1 aliphatic heterocycles. The maximum absolute atomic E-state index is 10.8. The number of carboxylic acid groups (broad SMARTS) is 1. The first-order valence-corrected chi connectivity index (χ1v) is 4.56. The van der Waals surface area contributed by atoms with E-state index in [9.17, 15) is 4.79 Å². The molecule has 0 fully saturated rings. The minimum absolute atomic E-state index is 0.334. The molecule has 2 rings (SSSR count). The molecule has 0 spiro atoms. The van der Waals surface area contributed by atoms with Crippen LogP contribution >= 0.6 is 0 Å². The molecule has 1 aromatic heterocycles. The van der Waals surface area contributed by atoms with E-state index in [1.165, 1.54) is 4.90 Å². The van der Waals surface area contributed by atoms with Crippen molar-refractivity contribution >= 4 is 6.09 Å². The number of amides is 1. The molecule has 0 unspecified atom stereocenters. The summed E-state index contributed by atoms with van der Waals surface area (Å²) in [5, 5.41) is 17.5. The average Bonchev–Trinajstić information content (AvgIpc) is 2.27. The summed E-state index contributed by atoms with van der Waals surface area (Å²) in [6.45, 7) is 0.845. The maximum Gasteiger partial charge on any atom is 0.407 e. The lowest BCUT2D eigenvalue weighted by Crippen LogP contribution is -2.34. The summed E-state index contributed by atoms with van der Waals surface area (Å²) in [5.41, 5.74) is 2.25. The number of carbonyl (C=O) groups is 1. The van der Waals surface area contributed by atoms with Gasteiger partial charge in [-0.1, -0.05) is 0 Å². The van der Waals surface area contributed by atoms with Gasteiger partial charge in [0.2, 0.25) is 0 Å². The number of rotatable bonds is 0. The Bertz CT molecular complexity index is 450. The van der Waals surface area contributed by atoms with Crippen molar-refractivity contribution in [3.8, 4) is 6.07 Å². The summed E-state index contributed by atoms with van der Waals surface area (Å²) in [7, 11) is 0. The van der Waals surface area contributed by atoms with Gasteiger partial charge in [0.1, 0.15) is 11.8 Å². The van der Waals surface area contributed by atoms with Crippen molar-refractivity contribution in [3.05, 3.63) is 29.1 Å². The summed E-state index contributed by atoms with van der Waals surface area (Å²) >= 11 is 0. The van der Waals surface area contributed by atoms with Crippen LogP contribution in [0.5, 0.6) is 0 Å². The number of nitrogens with zero attached hydrogens (tertiary/aromatic N) is 3. The highest BCUT2D eigenvalue weighted by Gasteiger charge is 2.20. The zero-order valence-corrected chi connectivity index (χ0v) is 7.97. The molecule has 1 amide bonds. The summed E-state index contributed by atoms with van der Waals surface area (Å²) in [6.07, 6.45) is 1.41. The van der Waals surface area contributed by atoms with Crippen molar-refractivity contribution in [2.24, 2.45) is 0 Å². The van der Waals surface area contributed by atoms with Gasteiger partial charge in [-0.15, -0.1) is 0 Å². The van der Waals surface area contributed by atoms with E-state index in [4.69, 9.17) is 10.4 Å². The Labute approximate surface area is 86.6 Å². The van der Waals surface area contributed by atoms with E-state index >= 15 is 0 Å². The van der Waals surface area contributed by atoms with Crippen LogP contribution in [0.4, 0.5) is 4.79 Å². The van der Waals surface area contributed by atoms with E-state index in [1.54, 1.807) is 12.3 Å². The molecule has 0 saturated carbocycles. The SMILES string of the molecule is N#Cc1cc2c(cn1)CCN(C(=O)O)C2. The zero-order valence-electron chi connectivity index (χ0n) is 7.97. The Kier molecular flexibility index (Phi) is 2.26. The Morgan fingerprint density at radius 1 is 1.60 bits per heavy atom. The first kappa shape index (κ1) is 9.46. The van der Waals surface area contributed by atoms with Crippen LogP contribution in [0.25, 0.3) is 0 Å². The van der Waals surface area contributed by atoms with Crippen LogP contribution in [0.3, 0.4) is 0 Å². The third-order valence-electron chi connectivity index (χ3n) is 2.48. The van der Waals surface area contributed by atoms with Gasteiger partial charge < -0.3 is 10.0 Å². The van der Waals surface area contributed by atoms with Gasteiger partial charge in [0.15, 0.2) is 0 Å². The molecule has 1 aliphatic rings. The molecule has 1 aromatic rings. The molecule has 0 bridgehead atoms. The van der Waals surface area contributed by atoms with E-state index in [1.807, 2.05) is 6.07 Å². The highest BCUT2D eigenvalue weighted by molar-refractivity contribution is 5.65. The molecule has 5 nitrogen and oxygen atoms in total. The minimum atomic E-state index is -0.920. The highest BCUT2D eigenvalue weighted by atomic mass is 16.4. The molecule has 2 heterocycles. The zero-order chi connectivity index (χ0) is 10.8. The predicted molar refractivity (Wildman–Crippen MR) is 51.1 cm³/mol. The lowest BCUT2D eigenvalue weighted by Gasteiger charge is -2.25. The number of hydrogen-bond acceptors (Lipinski definition) is 3. The van der Waals surface area contributed by atoms with Crippen LogP contribution in [0, 0.1) is 11.3 Å². The fourth-order valence-electron chi connectivity index (χ4n) is 1.66. The number of nitriles is 1. The third-order valence-corrected chi connectivity index (χ3v) is 2.48. The van der Waals surface area contributed by atoms with Crippen molar-refractivity contribution in [2.45, 2.75) is 13.0 Å². The second kappa shape index (κ2) is 3.58. The fraction of sp³-hybridized carbons (Fsp3) is 0.300. The Hall–Kier alpha value is -2.09. The molecule has 0 radical (unpaired) electrons. The quantitative estimate of drug-likeness (QED) is 0.682. The van der Waals surface area contributed by atoms with E-state index in [0.717, 1.165) is 11.1 Å². The normalized spacial score (nSPS) is 14.2. The Morgan fingerprint density at radius 2 is 2.40 bits per heavy atom. The van der Waals surface area contributed by atoms with Gasteiger partial charge in [0, 0.05) is 19.3 Å². The van der Waals surface area contributed by atoms with Crippen molar-refractivity contribution < 1.29 is 9.90 Å². The molecule has 1 N–H and O–H groups in total. The summed E-state index contributed by atoms with van der Waals surface area (Å²) in [4.78, 5) is 16.1. The van der Waals surface area contributed by atoms with Crippen molar-refractivity contribution in [2.75, 3.05) is 6.54 Å². The van der Waals surface area contributed by atoms with Crippen LogP contribution < -0.4 is 0 Å². The lowest BCUT2D eigenvalue weighted by molar-refractivity contribution is 0.140. The molecule has 0 aliphatic carbocycles. The van der Waals surface area contributed by atoms with Crippen molar-refractivity contribution in [1.82, 2.24) is 9.88 Å². The molecule has 15 heavy (non-hydrogen) atoms. The summed E-state index contributed by atoms with van der Waals surface area (Å²) in [5.74, 6) is 0. The van der Waals surface area contributed by atoms with Gasteiger partial charge in [-0.2, -0.15) is 5.26 Å². The van der Waals surface area contributed by atoms with Gasteiger partial charge in [0.25, 0.3) is 0 Å². The topological polar surface area (TPSA) is 77.2 Å². The van der Waals surface area contributed by atoms with Gasteiger partial charge in [-0.05, 0) is 23.6 Å². The van der Waals surface area contributed by atoms with E-state index in [2.05, 4.69) is 4.98 Å². The van der Waals surface area contributed by atoms with Crippen LogP contribution in [-0.4, -0.2) is 27.6 Å². The molecule has 0 saturated heterocycles.